The Morgan fingerprint density at radius 3 is 3.06 bits per heavy atom. The van der Waals surface area contributed by atoms with Crippen molar-refractivity contribution in [2.75, 3.05) is 5.73 Å². The predicted octanol–water partition coefficient (Wildman–Crippen LogP) is 3.48. The zero-order valence-corrected chi connectivity index (χ0v) is 11.0. The molecule has 92 valence electrons. The molecule has 1 unspecified atom stereocenters. The molecule has 2 N–H and O–H groups in total. The number of nitrogens with two attached hydrogens (primary N) is 1. The fourth-order valence-electron chi connectivity index (χ4n) is 2.25. The number of benzene rings is 1. The van der Waals surface area contributed by atoms with Crippen LogP contribution in [0.4, 0.5) is 5.69 Å². The molecular formula is C14H15N3S. The third kappa shape index (κ3) is 1.99. The van der Waals surface area contributed by atoms with Gasteiger partial charge in [0.05, 0.1) is 17.4 Å². The first-order chi connectivity index (χ1) is 8.74. The molecule has 2 heterocycles. The van der Waals surface area contributed by atoms with Gasteiger partial charge in [-0.05, 0) is 53.9 Å². The van der Waals surface area contributed by atoms with Gasteiger partial charge in [-0.2, -0.15) is 11.3 Å². The van der Waals surface area contributed by atoms with Crippen LogP contribution in [0.25, 0.3) is 11.0 Å². The molecule has 0 fully saturated rings. The van der Waals surface area contributed by atoms with Gasteiger partial charge < -0.3 is 10.3 Å². The first kappa shape index (κ1) is 11.3. The monoisotopic (exact) mass is 257 g/mol. The maximum atomic E-state index is 5.77. The molecule has 0 spiro atoms. The number of nitrogen functional groups attached to an aromatic ring is 1. The van der Waals surface area contributed by atoms with Gasteiger partial charge >= 0.3 is 0 Å². The zero-order valence-electron chi connectivity index (χ0n) is 10.2. The van der Waals surface area contributed by atoms with Gasteiger partial charge in [0.15, 0.2) is 0 Å². The SMILES string of the molecule is CC(Cc1ccsc1)n1cnc2cc(N)ccc21. The molecule has 1 atom stereocenters. The molecule has 1 aromatic carbocycles. The topological polar surface area (TPSA) is 43.8 Å². The highest BCUT2D eigenvalue weighted by molar-refractivity contribution is 7.07. The molecule has 0 saturated carbocycles. The maximum absolute atomic E-state index is 5.77. The van der Waals surface area contributed by atoms with Crippen LogP contribution in [0, 0.1) is 0 Å². The summed E-state index contributed by atoms with van der Waals surface area (Å²) >= 11 is 1.74. The molecule has 2 aromatic heterocycles. The Labute approximate surface area is 110 Å². The fourth-order valence-corrected chi connectivity index (χ4v) is 2.93. The van der Waals surface area contributed by atoms with Crippen LogP contribution in [0.1, 0.15) is 18.5 Å². The average Bonchev–Trinajstić information content (AvgIpc) is 2.97. The number of aromatic nitrogens is 2. The number of rotatable bonds is 3. The number of anilines is 1. The highest BCUT2D eigenvalue weighted by Crippen LogP contribution is 2.22. The van der Waals surface area contributed by atoms with Crippen molar-refractivity contribution >= 4 is 28.1 Å². The summed E-state index contributed by atoms with van der Waals surface area (Å²) in [6, 6.07) is 8.47. The van der Waals surface area contributed by atoms with Crippen LogP contribution in [-0.2, 0) is 6.42 Å². The third-order valence-corrected chi connectivity index (χ3v) is 3.92. The van der Waals surface area contributed by atoms with Crippen molar-refractivity contribution in [3.05, 3.63) is 46.9 Å². The standard InChI is InChI=1S/C14H15N3S/c1-10(6-11-4-5-18-8-11)17-9-16-13-7-12(15)2-3-14(13)17/h2-5,7-10H,6,15H2,1H3. The molecule has 3 aromatic rings. The highest BCUT2D eigenvalue weighted by Gasteiger charge is 2.10. The number of thiophene rings is 1. The van der Waals surface area contributed by atoms with Gasteiger partial charge in [-0.3, -0.25) is 0 Å². The number of fused-ring (bicyclic) bond motifs is 1. The van der Waals surface area contributed by atoms with Crippen molar-refractivity contribution in [3.8, 4) is 0 Å². The van der Waals surface area contributed by atoms with Gasteiger partial charge in [0, 0.05) is 11.7 Å². The molecule has 0 aliphatic carbocycles. The third-order valence-electron chi connectivity index (χ3n) is 3.18. The minimum absolute atomic E-state index is 0.397. The molecule has 18 heavy (non-hydrogen) atoms. The molecule has 3 rings (SSSR count). The van der Waals surface area contributed by atoms with E-state index in [1.807, 2.05) is 24.5 Å². The Hall–Kier alpha value is -1.81. The van der Waals surface area contributed by atoms with Gasteiger partial charge in [-0.15, -0.1) is 0 Å². The van der Waals surface area contributed by atoms with E-state index in [0.29, 0.717) is 6.04 Å². The molecular weight excluding hydrogens is 242 g/mol. The minimum atomic E-state index is 0.397. The lowest BCUT2D eigenvalue weighted by Gasteiger charge is -2.13. The second-order valence-corrected chi connectivity index (χ2v) is 5.36. The first-order valence-corrected chi connectivity index (χ1v) is 6.91. The number of hydrogen-bond acceptors (Lipinski definition) is 3. The second kappa shape index (κ2) is 4.46. The molecule has 0 aliphatic heterocycles. The molecule has 3 nitrogen and oxygen atoms in total. The Kier molecular flexibility index (Phi) is 2.80. The fraction of sp³-hybridized carbons (Fsp3) is 0.214. The van der Waals surface area contributed by atoms with Crippen LogP contribution in [0.15, 0.2) is 41.4 Å². The van der Waals surface area contributed by atoms with Crippen LogP contribution >= 0.6 is 11.3 Å². The Morgan fingerprint density at radius 2 is 2.28 bits per heavy atom. The van der Waals surface area contributed by atoms with Gasteiger partial charge in [0.2, 0.25) is 0 Å². The van der Waals surface area contributed by atoms with Crippen molar-refractivity contribution in [1.82, 2.24) is 9.55 Å². The molecule has 0 saturated heterocycles. The lowest BCUT2D eigenvalue weighted by molar-refractivity contribution is 0.560. The van der Waals surface area contributed by atoms with Crippen LogP contribution in [0.3, 0.4) is 0 Å². The van der Waals surface area contributed by atoms with E-state index in [9.17, 15) is 0 Å². The quantitative estimate of drug-likeness (QED) is 0.730. The van der Waals surface area contributed by atoms with Crippen molar-refractivity contribution in [2.24, 2.45) is 0 Å². The summed E-state index contributed by atoms with van der Waals surface area (Å²) < 4.78 is 2.21. The highest BCUT2D eigenvalue weighted by atomic mass is 32.1. The molecule has 0 bridgehead atoms. The minimum Gasteiger partial charge on any atom is -0.399 e. The summed E-state index contributed by atoms with van der Waals surface area (Å²) in [6.45, 7) is 2.22. The lowest BCUT2D eigenvalue weighted by atomic mass is 10.1. The van der Waals surface area contributed by atoms with E-state index >= 15 is 0 Å². The summed E-state index contributed by atoms with van der Waals surface area (Å²) in [4.78, 5) is 4.42. The van der Waals surface area contributed by atoms with Crippen LogP contribution in [0.2, 0.25) is 0 Å². The number of nitrogens with zero attached hydrogens (tertiary/aromatic N) is 2. The molecule has 4 heteroatoms. The summed E-state index contributed by atoms with van der Waals surface area (Å²) in [5.74, 6) is 0. The van der Waals surface area contributed by atoms with E-state index in [0.717, 1.165) is 23.1 Å². The van der Waals surface area contributed by atoms with Gasteiger partial charge in [0.1, 0.15) is 0 Å². The first-order valence-electron chi connectivity index (χ1n) is 5.97. The molecule has 0 radical (unpaired) electrons. The summed E-state index contributed by atoms with van der Waals surface area (Å²) in [7, 11) is 0. The van der Waals surface area contributed by atoms with E-state index in [-0.39, 0.29) is 0 Å². The molecule has 0 amide bonds. The van der Waals surface area contributed by atoms with E-state index in [1.54, 1.807) is 11.3 Å². The number of hydrogen-bond donors (Lipinski definition) is 1. The smallest absolute Gasteiger partial charge is 0.0960 e. The van der Waals surface area contributed by atoms with Crippen molar-refractivity contribution in [1.29, 1.82) is 0 Å². The van der Waals surface area contributed by atoms with Crippen molar-refractivity contribution in [3.63, 3.8) is 0 Å². The van der Waals surface area contributed by atoms with Gasteiger partial charge in [-0.25, -0.2) is 4.98 Å². The zero-order chi connectivity index (χ0) is 12.5. The summed E-state index contributed by atoms with van der Waals surface area (Å²) in [5, 5.41) is 4.32. The van der Waals surface area contributed by atoms with Crippen molar-refractivity contribution < 1.29 is 0 Å². The van der Waals surface area contributed by atoms with E-state index < -0.39 is 0 Å². The Morgan fingerprint density at radius 1 is 1.39 bits per heavy atom. The second-order valence-electron chi connectivity index (χ2n) is 4.58. The van der Waals surface area contributed by atoms with E-state index in [4.69, 9.17) is 5.73 Å². The predicted molar refractivity (Wildman–Crippen MR) is 76.9 cm³/mol. The Bertz CT molecular complexity index is 655. The van der Waals surface area contributed by atoms with Gasteiger partial charge in [0.25, 0.3) is 0 Å². The average molecular weight is 257 g/mol. The Balaban J connectivity index is 1.94. The van der Waals surface area contributed by atoms with Crippen molar-refractivity contribution in [2.45, 2.75) is 19.4 Å². The summed E-state index contributed by atoms with van der Waals surface area (Å²) in [5.41, 5.74) is 10.0. The number of imidazole rings is 1. The normalized spacial score (nSPS) is 12.9. The molecule has 0 aliphatic rings. The van der Waals surface area contributed by atoms with Crippen LogP contribution in [-0.4, -0.2) is 9.55 Å². The largest absolute Gasteiger partial charge is 0.399 e. The van der Waals surface area contributed by atoms with E-state index in [2.05, 4.69) is 33.3 Å². The maximum Gasteiger partial charge on any atom is 0.0960 e. The lowest BCUT2D eigenvalue weighted by Crippen LogP contribution is -2.06. The van der Waals surface area contributed by atoms with E-state index in [1.165, 1.54) is 5.56 Å². The summed E-state index contributed by atoms with van der Waals surface area (Å²) in [6.07, 6.45) is 2.93. The van der Waals surface area contributed by atoms with Gasteiger partial charge in [-0.1, -0.05) is 0 Å². The van der Waals surface area contributed by atoms with Crippen LogP contribution < -0.4 is 5.73 Å². The van der Waals surface area contributed by atoms with Crippen LogP contribution in [0.5, 0.6) is 0 Å².